The molecule has 0 saturated carbocycles. The zero-order chi connectivity index (χ0) is 15.2. The number of amides is 2. The van der Waals surface area contributed by atoms with Crippen molar-refractivity contribution in [2.75, 3.05) is 32.7 Å². The molecule has 0 aromatic carbocycles. The van der Waals surface area contributed by atoms with Gasteiger partial charge in [-0.1, -0.05) is 6.07 Å². The summed E-state index contributed by atoms with van der Waals surface area (Å²) in [6.45, 7) is 7.15. The van der Waals surface area contributed by atoms with Gasteiger partial charge in [-0.3, -0.25) is 14.5 Å². The SMILES string of the molecule is CC(=O)N1CCN(C(C)C(=O)NCCc2cccs2)CC1. The Bertz CT molecular complexity index is 467. The molecule has 0 aliphatic carbocycles. The molecule has 2 amide bonds. The number of rotatable bonds is 5. The molecule has 0 spiro atoms. The fraction of sp³-hybridized carbons (Fsp3) is 0.600. The second-order valence-electron chi connectivity index (χ2n) is 5.34. The Hall–Kier alpha value is -1.40. The highest BCUT2D eigenvalue weighted by Gasteiger charge is 2.25. The second kappa shape index (κ2) is 7.56. The molecule has 1 unspecified atom stereocenters. The largest absolute Gasteiger partial charge is 0.354 e. The average molecular weight is 309 g/mol. The number of carbonyl (C=O) groups excluding carboxylic acids is 2. The molecule has 1 saturated heterocycles. The van der Waals surface area contributed by atoms with Crippen molar-refractivity contribution in [1.82, 2.24) is 15.1 Å². The summed E-state index contributed by atoms with van der Waals surface area (Å²) in [7, 11) is 0. The van der Waals surface area contributed by atoms with Gasteiger partial charge < -0.3 is 10.2 Å². The summed E-state index contributed by atoms with van der Waals surface area (Å²) in [5.74, 6) is 0.186. The van der Waals surface area contributed by atoms with Crippen LogP contribution in [0.25, 0.3) is 0 Å². The molecule has 0 bridgehead atoms. The van der Waals surface area contributed by atoms with Crippen LogP contribution in [0.4, 0.5) is 0 Å². The van der Waals surface area contributed by atoms with E-state index in [9.17, 15) is 9.59 Å². The van der Waals surface area contributed by atoms with Crippen molar-refractivity contribution in [3.63, 3.8) is 0 Å². The first-order chi connectivity index (χ1) is 10.1. The van der Waals surface area contributed by atoms with Gasteiger partial charge in [0, 0.05) is 44.5 Å². The molecule has 116 valence electrons. The smallest absolute Gasteiger partial charge is 0.237 e. The van der Waals surface area contributed by atoms with Gasteiger partial charge in [-0.15, -0.1) is 11.3 Å². The molecule has 6 heteroatoms. The highest BCUT2D eigenvalue weighted by Crippen LogP contribution is 2.09. The van der Waals surface area contributed by atoms with Gasteiger partial charge in [0.2, 0.25) is 11.8 Å². The first-order valence-electron chi connectivity index (χ1n) is 7.37. The predicted molar refractivity (Wildman–Crippen MR) is 84.3 cm³/mol. The third-order valence-corrected chi connectivity index (χ3v) is 4.87. The molecule has 1 aromatic heterocycles. The van der Waals surface area contributed by atoms with E-state index < -0.39 is 0 Å². The van der Waals surface area contributed by atoms with Gasteiger partial charge in [0.15, 0.2) is 0 Å². The molecular formula is C15H23N3O2S. The van der Waals surface area contributed by atoms with Crippen LogP contribution in [0.2, 0.25) is 0 Å². The summed E-state index contributed by atoms with van der Waals surface area (Å²) in [4.78, 5) is 28.7. The monoisotopic (exact) mass is 309 g/mol. The van der Waals surface area contributed by atoms with E-state index in [1.54, 1.807) is 18.3 Å². The summed E-state index contributed by atoms with van der Waals surface area (Å²) >= 11 is 1.71. The molecule has 2 heterocycles. The van der Waals surface area contributed by atoms with Crippen LogP contribution in [0.1, 0.15) is 18.7 Å². The molecule has 5 nitrogen and oxygen atoms in total. The minimum Gasteiger partial charge on any atom is -0.354 e. The maximum absolute atomic E-state index is 12.2. The maximum Gasteiger partial charge on any atom is 0.237 e. The third kappa shape index (κ3) is 4.54. The van der Waals surface area contributed by atoms with E-state index in [2.05, 4.69) is 16.3 Å². The van der Waals surface area contributed by atoms with Gasteiger partial charge in [-0.05, 0) is 24.8 Å². The van der Waals surface area contributed by atoms with E-state index in [1.165, 1.54) is 4.88 Å². The lowest BCUT2D eigenvalue weighted by Crippen LogP contribution is -2.54. The highest BCUT2D eigenvalue weighted by molar-refractivity contribution is 7.09. The van der Waals surface area contributed by atoms with E-state index in [-0.39, 0.29) is 17.9 Å². The zero-order valence-corrected chi connectivity index (χ0v) is 13.5. The molecule has 21 heavy (non-hydrogen) atoms. The van der Waals surface area contributed by atoms with Crippen LogP contribution in [-0.2, 0) is 16.0 Å². The van der Waals surface area contributed by atoms with Crippen molar-refractivity contribution in [2.24, 2.45) is 0 Å². The summed E-state index contributed by atoms with van der Waals surface area (Å²) in [6.07, 6.45) is 0.883. The van der Waals surface area contributed by atoms with Crippen LogP contribution in [0.3, 0.4) is 0 Å². The van der Waals surface area contributed by atoms with E-state index >= 15 is 0 Å². The fourth-order valence-electron chi connectivity index (χ4n) is 2.50. The number of thiophene rings is 1. The zero-order valence-electron chi connectivity index (χ0n) is 12.7. The van der Waals surface area contributed by atoms with Crippen LogP contribution >= 0.6 is 11.3 Å². The first-order valence-corrected chi connectivity index (χ1v) is 8.25. The van der Waals surface area contributed by atoms with E-state index in [0.29, 0.717) is 19.6 Å². The van der Waals surface area contributed by atoms with Gasteiger partial charge in [-0.25, -0.2) is 0 Å². The van der Waals surface area contributed by atoms with Gasteiger partial charge in [0.25, 0.3) is 0 Å². The molecule has 1 aromatic rings. The van der Waals surface area contributed by atoms with Crippen molar-refractivity contribution in [3.05, 3.63) is 22.4 Å². The molecule has 1 fully saturated rings. The number of piperazine rings is 1. The van der Waals surface area contributed by atoms with Crippen molar-refractivity contribution in [1.29, 1.82) is 0 Å². The van der Waals surface area contributed by atoms with Crippen LogP contribution in [0, 0.1) is 0 Å². The normalized spacial score (nSPS) is 17.5. The quantitative estimate of drug-likeness (QED) is 0.881. The first kappa shape index (κ1) is 16.0. The van der Waals surface area contributed by atoms with Gasteiger partial charge in [0.1, 0.15) is 0 Å². The minimum atomic E-state index is -0.137. The molecule has 0 radical (unpaired) electrons. The molecule has 1 N–H and O–H groups in total. The Balaban J connectivity index is 1.71. The van der Waals surface area contributed by atoms with Crippen molar-refractivity contribution in [3.8, 4) is 0 Å². The second-order valence-corrected chi connectivity index (χ2v) is 6.37. The standard InChI is InChI=1S/C15H23N3O2S/c1-12(17-7-9-18(10-8-17)13(2)19)15(20)16-6-5-14-4-3-11-21-14/h3-4,11-12H,5-10H2,1-2H3,(H,16,20). The lowest BCUT2D eigenvalue weighted by atomic mass is 10.2. The Kier molecular flexibility index (Phi) is 5.76. The topological polar surface area (TPSA) is 52.7 Å². The van der Waals surface area contributed by atoms with E-state index in [4.69, 9.17) is 0 Å². The Morgan fingerprint density at radius 3 is 2.62 bits per heavy atom. The molecular weight excluding hydrogens is 286 g/mol. The van der Waals surface area contributed by atoms with Crippen molar-refractivity contribution >= 4 is 23.2 Å². The highest BCUT2D eigenvalue weighted by atomic mass is 32.1. The molecule has 2 rings (SSSR count). The van der Waals surface area contributed by atoms with Gasteiger partial charge >= 0.3 is 0 Å². The predicted octanol–water partition coefficient (Wildman–Crippen LogP) is 0.959. The number of nitrogens with one attached hydrogen (secondary N) is 1. The Morgan fingerprint density at radius 1 is 1.33 bits per heavy atom. The van der Waals surface area contributed by atoms with Crippen molar-refractivity contribution in [2.45, 2.75) is 26.3 Å². The molecule has 1 aliphatic heterocycles. The molecule has 1 atom stereocenters. The van der Waals surface area contributed by atoms with E-state index in [0.717, 1.165) is 19.5 Å². The van der Waals surface area contributed by atoms with Crippen LogP contribution in [0.5, 0.6) is 0 Å². The lowest BCUT2D eigenvalue weighted by Gasteiger charge is -2.37. The Morgan fingerprint density at radius 2 is 2.05 bits per heavy atom. The Labute approximate surface area is 129 Å². The number of hydrogen-bond acceptors (Lipinski definition) is 4. The number of hydrogen-bond donors (Lipinski definition) is 1. The summed E-state index contributed by atoms with van der Waals surface area (Å²) < 4.78 is 0. The fourth-order valence-corrected chi connectivity index (χ4v) is 3.21. The summed E-state index contributed by atoms with van der Waals surface area (Å²) in [5.41, 5.74) is 0. The van der Waals surface area contributed by atoms with Gasteiger partial charge in [0.05, 0.1) is 6.04 Å². The molecule has 1 aliphatic rings. The lowest BCUT2D eigenvalue weighted by molar-refractivity contribution is -0.132. The van der Waals surface area contributed by atoms with Crippen LogP contribution in [0.15, 0.2) is 17.5 Å². The van der Waals surface area contributed by atoms with Crippen LogP contribution in [-0.4, -0.2) is 60.4 Å². The average Bonchev–Trinajstić information content (AvgIpc) is 2.99. The summed E-state index contributed by atoms with van der Waals surface area (Å²) in [5, 5.41) is 5.05. The number of carbonyl (C=O) groups is 2. The van der Waals surface area contributed by atoms with Gasteiger partial charge in [-0.2, -0.15) is 0 Å². The maximum atomic E-state index is 12.2. The number of nitrogens with zero attached hydrogens (tertiary/aromatic N) is 2. The minimum absolute atomic E-state index is 0.0721. The van der Waals surface area contributed by atoms with E-state index in [1.807, 2.05) is 23.3 Å². The third-order valence-electron chi connectivity index (χ3n) is 3.94. The summed E-state index contributed by atoms with van der Waals surface area (Å²) in [6, 6.07) is 3.97. The van der Waals surface area contributed by atoms with Crippen molar-refractivity contribution < 1.29 is 9.59 Å². The van der Waals surface area contributed by atoms with Crippen LogP contribution < -0.4 is 5.32 Å².